The van der Waals surface area contributed by atoms with E-state index in [0.717, 1.165) is 29.8 Å². The Kier molecular flexibility index (Phi) is 3.94. The molecule has 3 aromatic rings. The predicted molar refractivity (Wildman–Crippen MR) is 104 cm³/mol. The van der Waals surface area contributed by atoms with E-state index in [1.165, 1.54) is 0 Å². The quantitative estimate of drug-likeness (QED) is 0.689. The average Bonchev–Trinajstić information content (AvgIpc) is 3.45. The molecule has 0 radical (unpaired) electrons. The number of esters is 1. The number of tetrazole rings is 1. The number of carbonyl (C=O) groups excluding carboxylic acids is 2. The van der Waals surface area contributed by atoms with Crippen LogP contribution in [0.15, 0.2) is 48.5 Å². The molecule has 0 bridgehead atoms. The Morgan fingerprint density at radius 3 is 2.69 bits per heavy atom. The van der Waals surface area contributed by atoms with Crippen LogP contribution in [0.2, 0.25) is 0 Å². The molecule has 8 nitrogen and oxygen atoms in total. The van der Waals surface area contributed by atoms with Crippen LogP contribution in [-0.4, -0.2) is 37.7 Å². The Hall–Kier alpha value is -3.55. The van der Waals surface area contributed by atoms with Gasteiger partial charge in [0, 0.05) is 17.7 Å². The summed E-state index contributed by atoms with van der Waals surface area (Å²) in [6, 6.07) is 14.9. The van der Waals surface area contributed by atoms with Gasteiger partial charge in [-0.25, -0.2) is 9.48 Å². The fourth-order valence-corrected chi connectivity index (χ4v) is 3.57. The molecule has 1 amide bonds. The fourth-order valence-electron chi connectivity index (χ4n) is 3.57. The Morgan fingerprint density at radius 2 is 1.93 bits per heavy atom. The van der Waals surface area contributed by atoms with Crippen LogP contribution in [0.1, 0.15) is 41.7 Å². The molecule has 1 saturated carbocycles. The number of benzene rings is 2. The van der Waals surface area contributed by atoms with Crippen molar-refractivity contribution in [3.8, 4) is 11.4 Å². The highest BCUT2D eigenvalue weighted by molar-refractivity contribution is 6.02. The Morgan fingerprint density at radius 1 is 1.17 bits per heavy atom. The lowest BCUT2D eigenvalue weighted by molar-refractivity contribution is -0.134. The molecule has 1 aliphatic carbocycles. The van der Waals surface area contributed by atoms with Gasteiger partial charge in [-0.15, -0.1) is 5.10 Å². The number of anilines is 1. The molecular weight excluding hydrogens is 370 g/mol. The highest BCUT2D eigenvalue weighted by Crippen LogP contribution is 2.36. The number of carbonyl (C=O) groups is 2. The van der Waals surface area contributed by atoms with E-state index in [4.69, 9.17) is 4.74 Å². The molecule has 1 aromatic heterocycles. The van der Waals surface area contributed by atoms with Gasteiger partial charge in [0.1, 0.15) is 0 Å². The minimum absolute atomic E-state index is 0.328. The highest BCUT2D eigenvalue weighted by Gasteiger charge is 2.42. The molecule has 2 heterocycles. The molecule has 0 spiro atoms. The Balaban J connectivity index is 1.33. The molecule has 146 valence electrons. The first-order valence-electron chi connectivity index (χ1n) is 9.54. The lowest BCUT2D eigenvalue weighted by Crippen LogP contribution is -2.48. The average molecular weight is 389 g/mol. The number of hydrogen-bond donors (Lipinski definition) is 1. The lowest BCUT2D eigenvalue weighted by atomic mass is 9.89. The van der Waals surface area contributed by atoms with Crippen LogP contribution in [0.5, 0.6) is 0 Å². The van der Waals surface area contributed by atoms with Gasteiger partial charge in [0.2, 0.25) is 0 Å². The van der Waals surface area contributed by atoms with Crippen LogP contribution in [-0.2, 0) is 16.0 Å². The molecular formula is C21H19N5O3. The van der Waals surface area contributed by atoms with E-state index in [1.54, 1.807) is 31.2 Å². The lowest BCUT2D eigenvalue weighted by Gasteiger charge is -2.33. The van der Waals surface area contributed by atoms with E-state index in [2.05, 4.69) is 20.8 Å². The van der Waals surface area contributed by atoms with Crippen LogP contribution >= 0.6 is 0 Å². The molecule has 29 heavy (non-hydrogen) atoms. The third-order valence-corrected chi connectivity index (χ3v) is 5.35. The van der Waals surface area contributed by atoms with Crippen molar-refractivity contribution in [3.63, 3.8) is 0 Å². The number of nitrogens with one attached hydrogen (secondary N) is 1. The number of aromatic nitrogens is 4. The third kappa shape index (κ3) is 3.16. The topological polar surface area (TPSA) is 99.0 Å². The molecule has 0 saturated heterocycles. The normalized spacial score (nSPS) is 20.7. The van der Waals surface area contributed by atoms with Crippen LogP contribution < -0.4 is 5.32 Å². The van der Waals surface area contributed by atoms with Crippen molar-refractivity contribution in [2.24, 2.45) is 0 Å². The number of fused-ring (bicyclic) bond motifs is 1. The van der Waals surface area contributed by atoms with Crippen molar-refractivity contribution < 1.29 is 14.3 Å². The number of nitrogens with zero attached hydrogens (tertiary/aromatic N) is 4. The molecule has 1 aliphatic heterocycles. The van der Waals surface area contributed by atoms with E-state index < -0.39 is 11.6 Å². The van der Waals surface area contributed by atoms with Crippen LogP contribution in [0.25, 0.3) is 11.4 Å². The summed E-state index contributed by atoms with van der Waals surface area (Å²) in [5.41, 5.74) is 1.55. The number of amides is 1. The van der Waals surface area contributed by atoms with Crippen LogP contribution in [0.3, 0.4) is 0 Å². The van der Waals surface area contributed by atoms with Gasteiger partial charge in [-0.2, -0.15) is 0 Å². The first-order chi connectivity index (χ1) is 14.0. The molecule has 1 atom stereocenters. The Labute approximate surface area is 166 Å². The van der Waals surface area contributed by atoms with Gasteiger partial charge in [0.25, 0.3) is 5.91 Å². The molecule has 5 rings (SSSR count). The number of cyclic esters (lactones) is 1. The van der Waals surface area contributed by atoms with E-state index in [1.807, 2.05) is 28.9 Å². The molecule has 1 fully saturated rings. The van der Waals surface area contributed by atoms with Crippen molar-refractivity contribution in [1.82, 2.24) is 20.2 Å². The summed E-state index contributed by atoms with van der Waals surface area (Å²) in [4.78, 5) is 25.2. The Bertz CT molecular complexity index is 1100. The van der Waals surface area contributed by atoms with Gasteiger partial charge in [0.15, 0.2) is 11.4 Å². The maximum Gasteiger partial charge on any atom is 0.339 e. The van der Waals surface area contributed by atoms with E-state index in [-0.39, 0.29) is 5.91 Å². The number of hydrogen-bond acceptors (Lipinski definition) is 6. The van der Waals surface area contributed by atoms with Gasteiger partial charge in [-0.3, -0.25) is 4.79 Å². The second-order valence-corrected chi connectivity index (χ2v) is 7.66. The number of ether oxygens (including phenoxy) is 1. The largest absolute Gasteiger partial charge is 0.445 e. The van der Waals surface area contributed by atoms with Crippen LogP contribution in [0, 0.1) is 0 Å². The summed E-state index contributed by atoms with van der Waals surface area (Å²) >= 11 is 0. The van der Waals surface area contributed by atoms with E-state index in [0.29, 0.717) is 23.7 Å². The minimum atomic E-state index is -1.26. The first-order valence-corrected chi connectivity index (χ1v) is 9.54. The smallest absolute Gasteiger partial charge is 0.339 e. The zero-order valence-electron chi connectivity index (χ0n) is 15.8. The van der Waals surface area contributed by atoms with Gasteiger partial charge in [-0.05, 0) is 66.1 Å². The van der Waals surface area contributed by atoms with E-state index in [9.17, 15) is 9.59 Å². The van der Waals surface area contributed by atoms with E-state index >= 15 is 0 Å². The van der Waals surface area contributed by atoms with Crippen molar-refractivity contribution in [1.29, 1.82) is 0 Å². The van der Waals surface area contributed by atoms with Gasteiger partial charge < -0.3 is 10.1 Å². The summed E-state index contributed by atoms with van der Waals surface area (Å²) in [6.45, 7) is 1.63. The summed E-state index contributed by atoms with van der Waals surface area (Å²) in [7, 11) is 0. The number of rotatable bonds is 4. The molecule has 1 unspecified atom stereocenters. The fraction of sp³-hybridized carbons (Fsp3) is 0.286. The monoisotopic (exact) mass is 389 g/mol. The molecule has 8 heteroatoms. The second-order valence-electron chi connectivity index (χ2n) is 7.66. The summed E-state index contributed by atoms with van der Waals surface area (Å²) in [5.74, 6) is -0.127. The zero-order chi connectivity index (χ0) is 20.0. The van der Waals surface area contributed by atoms with Gasteiger partial charge >= 0.3 is 5.97 Å². The maximum absolute atomic E-state index is 12.9. The zero-order valence-corrected chi connectivity index (χ0v) is 15.8. The first kappa shape index (κ1) is 17.5. The summed E-state index contributed by atoms with van der Waals surface area (Å²) in [5, 5.41) is 14.8. The van der Waals surface area contributed by atoms with Crippen LogP contribution in [0.4, 0.5) is 5.69 Å². The summed E-state index contributed by atoms with van der Waals surface area (Å²) < 4.78 is 7.33. The molecule has 2 aliphatic rings. The third-order valence-electron chi connectivity index (χ3n) is 5.35. The van der Waals surface area contributed by atoms with Gasteiger partial charge in [0.05, 0.1) is 11.6 Å². The van der Waals surface area contributed by atoms with Gasteiger partial charge in [-0.1, -0.05) is 18.2 Å². The SMILES string of the molecule is CC1(C(=O)Nc2ccc(-c3nnnn3C3CC3)cc2)Cc2ccccc2C(=O)O1. The highest BCUT2D eigenvalue weighted by atomic mass is 16.6. The second kappa shape index (κ2) is 6.51. The van der Waals surface area contributed by atoms with Crippen molar-refractivity contribution in [2.45, 2.75) is 37.8 Å². The van der Waals surface area contributed by atoms with Crippen molar-refractivity contribution >= 4 is 17.6 Å². The molecule has 1 N–H and O–H groups in total. The standard InChI is InChI=1S/C21H19N5O3/c1-21(12-14-4-2-3-5-17(14)19(27)29-21)20(28)22-15-8-6-13(7-9-15)18-23-24-25-26(18)16-10-11-16/h2-9,16H,10-12H2,1H3,(H,22,28). The predicted octanol–water partition coefficient (Wildman–Crippen LogP) is 2.79. The van der Waals surface area contributed by atoms with Crippen molar-refractivity contribution in [3.05, 3.63) is 59.7 Å². The summed E-state index contributed by atoms with van der Waals surface area (Å²) in [6.07, 6.45) is 2.51. The minimum Gasteiger partial charge on any atom is -0.445 e. The maximum atomic E-state index is 12.9. The molecule has 2 aromatic carbocycles. The van der Waals surface area contributed by atoms with Crippen molar-refractivity contribution in [2.75, 3.05) is 5.32 Å².